The number of hydrogen-bond acceptors (Lipinski definition) is 5. The molecular weight excluding hydrogens is 282 g/mol. The monoisotopic (exact) mass is 309 g/mol. The maximum Gasteiger partial charge on any atom is 0.410 e. The molecule has 0 saturated carbocycles. The Kier molecular flexibility index (Phi) is 5.05. The van der Waals surface area contributed by atoms with E-state index in [1.54, 1.807) is 4.90 Å². The molecule has 124 valence electrons. The number of carbonyl (C=O) groups excluding carboxylic acids is 1. The molecule has 0 atom stereocenters. The van der Waals surface area contributed by atoms with E-state index < -0.39 is 5.60 Å². The topological polar surface area (TPSA) is 74.4 Å². The second kappa shape index (κ2) is 6.64. The van der Waals surface area contributed by atoms with Gasteiger partial charge in [0.2, 0.25) is 0 Å². The van der Waals surface area contributed by atoms with Gasteiger partial charge in [-0.1, -0.05) is 13.8 Å². The van der Waals surface area contributed by atoms with Crippen LogP contribution in [0, 0.1) is 0 Å². The highest BCUT2D eigenvalue weighted by Gasteiger charge is 2.26. The van der Waals surface area contributed by atoms with Gasteiger partial charge >= 0.3 is 6.09 Å². The number of rotatable bonds is 3. The fourth-order valence-electron chi connectivity index (χ4n) is 2.27. The second-order valence-corrected chi connectivity index (χ2v) is 7.04. The number of amides is 1. The number of nitrogens with one attached hydrogen (secondary N) is 1. The normalized spacial score (nSPS) is 17.1. The standard InChI is InChI=1S/C15H27N5O2/c1-11(2)13-16-12(17-18-13)10-19-6-8-20(9-7-19)14(21)22-15(3,4)5/h11H,6-10H2,1-5H3,(H,16,17,18). The lowest BCUT2D eigenvalue weighted by molar-refractivity contribution is 0.0137. The van der Waals surface area contributed by atoms with Crippen LogP contribution < -0.4 is 0 Å². The van der Waals surface area contributed by atoms with Crippen LogP contribution in [0.3, 0.4) is 0 Å². The third kappa shape index (κ3) is 4.69. The molecule has 7 heteroatoms. The molecule has 7 nitrogen and oxygen atoms in total. The van der Waals surface area contributed by atoms with Crippen molar-refractivity contribution < 1.29 is 9.53 Å². The Morgan fingerprint density at radius 2 is 1.91 bits per heavy atom. The average Bonchev–Trinajstić information content (AvgIpc) is 2.86. The highest BCUT2D eigenvalue weighted by Crippen LogP contribution is 2.13. The van der Waals surface area contributed by atoms with Gasteiger partial charge in [0.1, 0.15) is 11.4 Å². The van der Waals surface area contributed by atoms with E-state index in [4.69, 9.17) is 4.74 Å². The van der Waals surface area contributed by atoms with Crippen molar-refractivity contribution in [1.29, 1.82) is 0 Å². The van der Waals surface area contributed by atoms with Crippen molar-refractivity contribution in [2.75, 3.05) is 26.2 Å². The van der Waals surface area contributed by atoms with Crippen LogP contribution in [0.4, 0.5) is 4.79 Å². The van der Waals surface area contributed by atoms with E-state index in [-0.39, 0.29) is 6.09 Å². The minimum Gasteiger partial charge on any atom is -0.444 e. The molecule has 0 aromatic carbocycles. The number of piperazine rings is 1. The molecule has 1 fully saturated rings. The van der Waals surface area contributed by atoms with Gasteiger partial charge in [0.15, 0.2) is 5.82 Å². The van der Waals surface area contributed by atoms with Gasteiger partial charge in [0, 0.05) is 32.1 Å². The van der Waals surface area contributed by atoms with Crippen LogP contribution in [0.1, 0.15) is 52.2 Å². The molecule has 1 aromatic heterocycles. The molecule has 0 aliphatic carbocycles. The van der Waals surface area contributed by atoms with Crippen molar-refractivity contribution in [3.05, 3.63) is 11.6 Å². The minimum atomic E-state index is -0.443. The summed E-state index contributed by atoms with van der Waals surface area (Å²) in [5, 5.41) is 7.21. The van der Waals surface area contributed by atoms with Crippen molar-refractivity contribution in [1.82, 2.24) is 25.0 Å². The molecule has 0 radical (unpaired) electrons. The molecule has 0 unspecified atom stereocenters. The van der Waals surface area contributed by atoms with Gasteiger partial charge in [0.25, 0.3) is 0 Å². The molecule has 2 rings (SSSR count). The van der Waals surface area contributed by atoms with Gasteiger partial charge in [-0.2, -0.15) is 5.10 Å². The summed E-state index contributed by atoms with van der Waals surface area (Å²) in [4.78, 5) is 20.5. The fourth-order valence-corrected chi connectivity index (χ4v) is 2.27. The first-order valence-electron chi connectivity index (χ1n) is 7.86. The van der Waals surface area contributed by atoms with Gasteiger partial charge in [-0.05, 0) is 20.8 Å². The Balaban J connectivity index is 1.80. The molecule has 1 aromatic rings. The number of H-pyrrole nitrogens is 1. The summed E-state index contributed by atoms with van der Waals surface area (Å²) in [5.41, 5.74) is -0.443. The summed E-state index contributed by atoms with van der Waals surface area (Å²) in [7, 11) is 0. The van der Waals surface area contributed by atoms with Crippen LogP contribution in [-0.2, 0) is 11.3 Å². The van der Waals surface area contributed by atoms with Crippen LogP contribution >= 0.6 is 0 Å². The summed E-state index contributed by atoms with van der Waals surface area (Å²) in [6, 6.07) is 0. The molecular formula is C15H27N5O2. The Hall–Kier alpha value is -1.63. The number of aromatic nitrogens is 3. The lowest BCUT2D eigenvalue weighted by atomic mass is 10.2. The van der Waals surface area contributed by atoms with E-state index in [1.165, 1.54) is 0 Å². The Labute approximate surface area is 132 Å². The minimum absolute atomic E-state index is 0.228. The molecule has 0 spiro atoms. The van der Waals surface area contributed by atoms with E-state index >= 15 is 0 Å². The molecule has 1 aliphatic rings. The van der Waals surface area contributed by atoms with Crippen LogP contribution in [0.15, 0.2) is 0 Å². The third-order valence-corrected chi connectivity index (χ3v) is 3.46. The summed E-state index contributed by atoms with van der Waals surface area (Å²) in [5.74, 6) is 2.06. The molecule has 1 amide bonds. The van der Waals surface area contributed by atoms with Crippen molar-refractivity contribution in [2.45, 2.75) is 52.7 Å². The third-order valence-electron chi connectivity index (χ3n) is 3.46. The average molecular weight is 309 g/mol. The van der Waals surface area contributed by atoms with Gasteiger partial charge in [-0.25, -0.2) is 9.78 Å². The zero-order chi connectivity index (χ0) is 16.3. The number of carbonyl (C=O) groups is 1. The first kappa shape index (κ1) is 16.7. The number of aromatic amines is 1. The van der Waals surface area contributed by atoms with Crippen LogP contribution in [-0.4, -0.2) is 62.9 Å². The second-order valence-electron chi connectivity index (χ2n) is 7.04. The predicted octanol–water partition coefficient (Wildman–Crippen LogP) is 1.98. The smallest absolute Gasteiger partial charge is 0.410 e. The molecule has 1 aliphatic heterocycles. The summed E-state index contributed by atoms with van der Waals surface area (Å²) in [6.45, 7) is 13.5. The number of nitrogens with zero attached hydrogens (tertiary/aromatic N) is 4. The van der Waals surface area contributed by atoms with Gasteiger partial charge in [-0.3, -0.25) is 10.00 Å². The molecule has 22 heavy (non-hydrogen) atoms. The predicted molar refractivity (Wildman–Crippen MR) is 83.6 cm³/mol. The molecule has 1 N–H and O–H groups in total. The van der Waals surface area contributed by atoms with Crippen molar-refractivity contribution in [2.24, 2.45) is 0 Å². The van der Waals surface area contributed by atoms with E-state index in [2.05, 4.69) is 33.9 Å². The van der Waals surface area contributed by atoms with Gasteiger partial charge < -0.3 is 9.64 Å². The van der Waals surface area contributed by atoms with E-state index in [0.29, 0.717) is 19.0 Å². The van der Waals surface area contributed by atoms with Crippen molar-refractivity contribution >= 4 is 6.09 Å². The lowest BCUT2D eigenvalue weighted by Gasteiger charge is -2.35. The fraction of sp³-hybridized carbons (Fsp3) is 0.800. The van der Waals surface area contributed by atoms with E-state index in [1.807, 2.05) is 20.8 Å². The first-order valence-corrected chi connectivity index (χ1v) is 7.86. The molecule has 2 heterocycles. The highest BCUT2D eigenvalue weighted by molar-refractivity contribution is 5.68. The van der Waals surface area contributed by atoms with Gasteiger partial charge in [-0.15, -0.1) is 0 Å². The van der Waals surface area contributed by atoms with Crippen LogP contribution in [0.2, 0.25) is 0 Å². The zero-order valence-electron chi connectivity index (χ0n) is 14.2. The Morgan fingerprint density at radius 3 is 2.41 bits per heavy atom. The number of hydrogen-bond donors (Lipinski definition) is 1. The van der Waals surface area contributed by atoms with Crippen molar-refractivity contribution in [3.8, 4) is 0 Å². The first-order chi connectivity index (χ1) is 10.2. The zero-order valence-corrected chi connectivity index (χ0v) is 14.2. The molecule has 1 saturated heterocycles. The summed E-state index contributed by atoms with van der Waals surface area (Å²) < 4.78 is 5.40. The highest BCUT2D eigenvalue weighted by atomic mass is 16.6. The molecule has 0 bridgehead atoms. The van der Waals surface area contributed by atoms with Gasteiger partial charge in [0.05, 0.1) is 6.54 Å². The Bertz CT molecular complexity index is 498. The summed E-state index contributed by atoms with van der Waals surface area (Å²) in [6.07, 6.45) is -0.228. The maximum atomic E-state index is 12.0. The SMILES string of the molecule is CC(C)c1n[nH]c(CN2CCN(C(=O)OC(C)(C)C)CC2)n1. The summed E-state index contributed by atoms with van der Waals surface area (Å²) >= 11 is 0. The van der Waals surface area contributed by atoms with Crippen LogP contribution in [0.25, 0.3) is 0 Å². The Morgan fingerprint density at radius 1 is 1.27 bits per heavy atom. The van der Waals surface area contributed by atoms with E-state index in [0.717, 1.165) is 31.3 Å². The van der Waals surface area contributed by atoms with E-state index in [9.17, 15) is 4.79 Å². The van der Waals surface area contributed by atoms with Crippen LogP contribution in [0.5, 0.6) is 0 Å². The largest absolute Gasteiger partial charge is 0.444 e. The maximum absolute atomic E-state index is 12.0. The van der Waals surface area contributed by atoms with Crippen molar-refractivity contribution in [3.63, 3.8) is 0 Å². The lowest BCUT2D eigenvalue weighted by Crippen LogP contribution is -2.49. The number of ether oxygens (including phenoxy) is 1. The quantitative estimate of drug-likeness (QED) is 0.924.